The van der Waals surface area contributed by atoms with Gasteiger partial charge in [0.1, 0.15) is 6.33 Å². The second-order valence-corrected chi connectivity index (χ2v) is 4.14. The van der Waals surface area contributed by atoms with Crippen LogP contribution < -0.4 is 11.0 Å². The first kappa shape index (κ1) is 12.3. The Hall–Kier alpha value is -2.11. The van der Waals surface area contributed by atoms with E-state index in [1.165, 1.54) is 15.6 Å². The van der Waals surface area contributed by atoms with Crippen LogP contribution in [0.5, 0.6) is 0 Å². The predicted molar refractivity (Wildman–Crippen MR) is 69.6 cm³/mol. The second kappa shape index (κ2) is 5.48. The number of hydrogen-bond acceptors (Lipinski definition) is 4. The van der Waals surface area contributed by atoms with E-state index in [0.717, 1.165) is 24.3 Å². The Balaban J connectivity index is 2.14. The molecule has 6 heteroatoms. The van der Waals surface area contributed by atoms with Crippen molar-refractivity contribution in [2.75, 3.05) is 11.9 Å². The van der Waals surface area contributed by atoms with E-state index in [1.807, 2.05) is 12.1 Å². The number of rotatable bonds is 5. The Bertz CT molecular complexity index is 572. The van der Waals surface area contributed by atoms with Crippen LogP contribution >= 0.6 is 0 Å². The van der Waals surface area contributed by atoms with Crippen molar-refractivity contribution in [1.29, 1.82) is 0 Å². The first-order valence-corrected chi connectivity index (χ1v) is 5.98. The Morgan fingerprint density at radius 3 is 2.94 bits per heavy atom. The van der Waals surface area contributed by atoms with Crippen molar-refractivity contribution in [2.24, 2.45) is 7.05 Å². The number of aryl methyl sites for hydroxylation is 1. The van der Waals surface area contributed by atoms with Gasteiger partial charge in [-0.1, -0.05) is 6.92 Å². The minimum Gasteiger partial charge on any atom is -0.385 e. The Morgan fingerprint density at radius 2 is 2.28 bits per heavy atom. The fourth-order valence-electron chi connectivity index (χ4n) is 1.63. The highest BCUT2D eigenvalue weighted by Crippen LogP contribution is 2.08. The van der Waals surface area contributed by atoms with E-state index >= 15 is 0 Å². The number of nitrogens with zero attached hydrogens (tertiary/aromatic N) is 4. The maximum Gasteiger partial charge on any atom is 0.345 e. The van der Waals surface area contributed by atoms with E-state index in [-0.39, 0.29) is 5.69 Å². The SMILES string of the molecule is CCCNc1ccnc(Cn2ncn(C)c2=O)c1. The lowest BCUT2D eigenvalue weighted by atomic mass is 10.3. The summed E-state index contributed by atoms with van der Waals surface area (Å²) in [5.41, 5.74) is 1.70. The molecule has 2 rings (SSSR count). The van der Waals surface area contributed by atoms with Crippen LogP contribution in [0.2, 0.25) is 0 Å². The van der Waals surface area contributed by atoms with Gasteiger partial charge in [-0.05, 0) is 18.6 Å². The third kappa shape index (κ3) is 2.77. The molecular formula is C12H17N5O. The maximum absolute atomic E-state index is 11.7. The number of anilines is 1. The van der Waals surface area contributed by atoms with Crippen molar-refractivity contribution in [3.05, 3.63) is 40.8 Å². The molecule has 6 nitrogen and oxygen atoms in total. The van der Waals surface area contributed by atoms with Crippen molar-refractivity contribution >= 4 is 5.69 Å². The van der Waals surface area contributed by atoms with Gasteiger partial charge in [0.25, 0.3) is 0 Å². The van der Waals surface area contributed by atoms with Gasteiger partial charge in [0, 0.05) is 25.5 Å². The molecule has 0 aliphatic rings. The molecule has 0 fully saturated rings. The molecule has 2 aromatic heterocycles. The summed E-state index contributed by atoms with van der Waals surface area (Å²) in [5, 5.41) is 7.30. The summed E-state index contributed by atoms with van der Waals surface area (Å²) in [6.07, 6.45) is 4.31. The van der Waals surface area contributed by atoms with Crippen LogP contribution in [0.1, 0.15) is 19.0 Å². The van der Waals surface area contributed by atoms with Crippen molar-refractivity contribution in [3.8, 4) is 0 Å². The van der Waals surface area contributed by atoms with E-state index in [1.54, 1.807) is 13.2 Å². The summed E-state index contributed by atoms with van der Waals surface area (Å²) in [5.74, 6) is 0. The average molecular weight is 247 g/mol. The minimum atomic E-state index is -0.135. The molecule has 0 atom stereocenters. The van der Waals surface area contributed by atoms with Gasteiger partial charge in [-0.25, -0.2) is 9.48 Å². The quantitative estimate of drug-likeness (QED) is 0.850. The average Bonchev–Trinajstić information content (AvgIpc) is 2.69. The molecule has 2 heterocycles. The molecule has 2 aromatic rings. The van der Waals surface area contributed by atoms with E-state index in [0.29, 0.717) is 6.54 Å². The Labute approximate surface area is 105 Å². The van der Waals surface area contributed by atoms with Gasteiger partial charge in [-0.2, -0.15) is 5.10 Å². The van der Waals surface area contributed by atoms with Gasteiger partial charge in [0.05, 0.1) is 12.2 Å². The summed E-state index contributed by atoms with van der Waals surface area (Å²) >= 11 is 0. The van der Waals surface area contributed by atoms with Crippen LogP contribution in [0.15, 0.2) is 29.5 Å². The largest absolute Gasteiger partial charge is 0.385 e. The van der Waals surface area contributed by atoms with Gasteiger partial charge in [-0.3, -0.25) is 9.55 Å². The third-order valence-electron chi connectivity index (χ3n) is 2.59. The van der Waals surface area contributed by atoms with Crippen LogP contribution in [-0.4, -0.2) is 25.9 Å². The number of aromatic nitrogens is 4. The highest BCUT2D eigenvalue weighted by Gasteiger charge is 2.04. The first-order valence-electron chi connectivity index (χ1n) is 5.98. The van der Waals surface area contributed by atoms with Gasteiger partial charge in [0.15, 0.2) is 0 Å². The monoisotopic (exact) mass is 247 g/mol. The molecule has 0 spiro atoms. The van der Waals surface area contributed by atoms with Gasteiger partial charge in [0.2, 0.25) is 0 Å². The summed E-state index contributed by atoms with van der Waals surface area (Å²) in [6.45, 7) is 3.43. The van der Waals surface area contributed by atoms with Crippen LogP contribution in [-0.2, 0) is 13.6 Å². The molecule has 0 radical (unpaired) electrons. The molecular weight excluding hydrogens is 230 g/mol. The molecule has 0 amide bonds. The van der Waals surface area contributed by atoms with E-state index in [2.05, 4.69) is 22.3 Å². The molecule has 0 aliphatic carbocycles. The van der Waals surface area contributed by atoms with Crippen molar-refractivity contribution in [2.45, 2.75) is 19.9 Å². The molecule has 0 aliphatic heterocycles. The van der Waals surface area contributed by atoms with E-state index < -0.39 is 0 Å². The standard InChI is InChI=1S/C12H17N5O/c1-3-5-13-10-4-6-14-11(7-10)8-17-12(18)16(2)9-15-17/h4,6-7,9H,3,5,8H2,1-2H3,(H,13,14). The molecule has 18 heavy (non-hydrogen) atoms. The fraction of sp³-hybridized carbons (Fsp3) is 0.417. The van der Waals surface area contributed by atoms with Gasteiger partial charge < -0.3 is 5.32 Å². The Morgan fingerprint density at radius 1 is 1.44 bits per heavy atom. The lowest BCUT2D eigenvalue weighted by Crippen LogP contribution is -2.23. The zero-order chi connectivity index (χ0) is 13.0. The molecule has 0 bridgehead atoms. The molecule has 0 aromatic carbocycles. The first-order chi connectivity index (χ1) is 8.70. The number of hydrogen-bond donors (Lipinski definition) is 1. The summed E-state index contributed by atoms with van der Waals surface area (Å²) in [7, 11) is 1.68. The summed E-state index contributed by atoms with van der Waals surface area (Å²) < 4.78 is 2.84. The van der Waals surface area contributed by atoms with Crippen molar-refractivity contribution < 1.29 is 0 Å². The molecule has 0 saturated heterocycles. The Kier molecular flexibility index (Phi) is 3.76. The van der Waals surface area contributed by atoms with Crippen LogP contribution in [0.3, 0.4) is 0 Å². The second-order valence-electron chi connectivity index (χ2n) is 4.14. The van der Waals surface area contributed by atoms with Crippen LogP contribution in [0.4, 0.5) is 5.69 Å². The predicted octanol–water partition coefficient (Wildman–Crippen LogP) is 0.847. The number of pyridine rings is 1. The van der Waals surface area contributed by atoms with Crippen LogP contribution in [0, 0.1) is 0 Å². The minimum absolute atomic E-state index is 0.135. The fourth-order valence-corrected chi connectivity index (χ4v) is 1.63. The van der Waals surface area contributed by atoms with Gasteiger partial charge >= 0.3 is 5.69 Å². The van der Waals surface area contributed by atoms with E-state index in [9.17, 15) is 4.79 Å². The molecule has 0 saturated carbocycles. The molecule has 96 valence electrons. The van der Waals surface area contributed by atoms with Crippen LogP contribution in [0.25, 0.3) is 0 Å². The molecule has 1 N–H and O–H groups in total. The molecule has 0 unspecified atom stereocenters. The lowest BCUT2D eigenvalue weighted by Gasteiger charge is -2.06. The summed E-state index contributed by atoms with van der Waals surface area (Å²) in [4.78, 5) is 15.9. The van der Waals surface area contributed by atoms with Gasteiger partial charge in [-0.15, -0.1) is 0 Å². The normalized spacial score (nSPS) is 10.6. The highest BCUT2D eigenvalue weighted by atomic mass is 16.2. The zero-order valence-corrected chi connectivity index (χ0v) is 10.6. The van der Waals surface area contributed by atoms with E-state index in [4.69, 9.17) is 0 Å². The topological polar surface area (TPSA) is 64.7 Å². The zero-order valence-electron chi connectivity index (χ0n) is 10.6. The number of nitrogens with one attached hydrogen (secondary N) is 1. The maximum atomic E-state index is 11.7. The lowest BCUT2D eigenvalue weighted by molar-refractivity contribution is 0.635. The smallest absolute Gasteiger partial charge is 0.345 e. The van der Waals surface area contributed by atoms with Crippen molar-refractivity contribution in [3.63, 3.8) is 0 Å². The highest BCUT2D eigenvalue weighted by molar-refractivity contribution is 5.43. The third-order valence-corrected chi connectivity index (χ3v) is 2.59. The summed E-state index contributed by atoms with van der Waals surface area (Å²) in [6, 6.07) is 3.86. The van der Waals surface area contributed by atoms with Crippen molar-refractivity contribution in [1.82, 2.24) is 19.3 Å².